The van der Waals surface area contributed by atoms with Gasteiger partial charge in [-0.3, -0.25) is 38.6 Å². The maximum absolute atomic E-state index is 14.4. The second-order valence-electron chi connectivity index (χ2n) is 19.4. The number of hydrogen-bond acceptors (Lipinski definition) is 12. The van der Waals surface area contributed by atoms with E-state index in [0.29, 0.717) is 19.3 Å². The van der Waals surface area contributed by atoms with E-state index >= 15 is 0 Å². The summed E-state index contributed by atoms with van der Waals surface area (Å²) in [5.74, 6) is -11.8. The van der Waals surface area contributed by atoms with Crippen LogP contribution in [0.2, 0.25) is 0 Å². The lowest BCUT2D eigenvalue weighted by molar-refractivity contribution is -0.146. The number of rotatable bonds is 18. The van der Waals surface area contributed by atoms with E-state index < -0.39 is 114 Å². The molecule has 22 nitrogen and oxygen atoms in total. The Morgan fingerprint density at radius 1 is 0.792 bits per heavy atom. The normalized spacial score (nSPS) is 26.2. The van der Waals surface area contributed by atoms with Crippen molar-refractivity contribution in [3.05, 3.63) is 35.9 Å². The first kappa shape index (κ1) is 62.1. The van der Waals surface area contributed by atoms with Gasteiger partial charge in [-0.05, 0) is 81.6 Å². The van der Waals surface area contributed by atoms with Crippen LogP contribution in [-0.2, 0) is 54.3 Å². The van der Waals surface area contributed by atoms with Crippen molar-refractivity contribution in [2.75, 3.05) is 26.5 Å². The summed E-state index contributed by atoms with van der Waals surface area (Å²) in [6.45, 7) is 11.8. The first-order valence-corrected chi connectivity index (χ1v) is 25.2. The number of nitrogens with zero attached hydrogens (tertiary/aromatic N) is 2. The first-order valence-electron chi connectivity index (χ1n) is 24.6. The average Bonchev–Trinajstić information content (AvgIpc) is 3.31. The van der Waals surface area contributed by atoms with Crippen LogP contribution in [0, 0.1) is 29.6 Å². The molecule has 1 fully saturated rings. The van der Waals surface area contributed by atoms with E-state index in [4.69, 9.17) is 16.2 Å². The lowest BCUT2D eigenvalue weighted by atomic mass is 9.85. The van der Waals surface area contributed by atoms with E-state index in [1.807, 2.05) is 37.3 Å². The highest BCUT2D eigenvalue weighted by Gasteiger charge is 2.38. The van der Waals surface area contributed by atoms with Gasteiger partial charge < -0.3 is 63.2 Å². The van der Waals surface area contributed by atoms with Crippen LogP contribution in [-0.4, -0.2) is 149 Å². The van der Waals surface area contributed by atoms with Gasteiger partial charge in [0.05, 0.1) is 17.9 Å². The molecule has 0 bridgehead atoms. The minimum Gasteiger partial charge on any atom is -0.480 e. The number of methoxy groups -OCH3 is 1. The fraction of sp³-hybridized carbons (Fsp3) is 0.673. The summed E-state index contributed by atoms with van der Waals surface area (Å²) in [6, 6.07) is 0.304. The number of nitrogens with one attached hydrogen (secondary N) is 6. The summed E-state index contributed by atoms with van der Waals surface area (Å²) in [5.41, 5.74) is 12.2. The highest BCUT2D eigenvalue weighted by Crippen LogP contribution is 2.25. The molecule has 0 spiro atoms. The molecule has 1 aromatic carbocycles. The number of carbonyl (C=O) groups is 9. The van der Waals surface area contributed by atoms with E-state index in [1.165, 1.54) is 27.8 Å². The zero-order valence-electron chi connectivity index (χ0n) is 43.1. The van der Waals surface area contributed by atoms with Crippen molar-refractivity contribution in [3.63, 3.8) is 0 Å². The zero-order valence-corrected chi connectivity index (χ0v) is 44.0. The second-order valence-corrected chi connectivity index (χ2v) is 19.8. The molecule has 1 heterocycles. The molecule has 1 aliphatic rings. The number of likely N-dealkylation sites (N-methyl/N-ethyl adjacent to an activating group) is 1. The predicted octanol–water partition coefficient (Wildman–Crippen LogP) is 0.707. The van der Waals surface area contributed by atoms with Gasteiger partial charge in [-0.2, -0.15) is 12.6 Å². The van der Waals surface area contributed by atoms with Crippen LogP contribution in [0.25, 0.3) is 0 Å². The Kier molecular flexibility index (Phi) is 26.6. The molecular weight excluding hydrogens is 953 g/mol. The Morgan fingerprint density at radius 3 is 1.97 bits per heavy atom. The van der Waals surface area contributed by atoms with Crippen molar-refractivity contribution >= 4 is 71.9 Å². The predicted molar refractivity (Wildman–Crippen MR) is 273 cm³/mol. The third-order valence-corrected chi connectivity index (χ3v) is 13.4. The topological polar surface area (TPSA) is 343 Å². The van der Waals surface area contributed by atoms with Crippen molar-refractivity contribution in [1.29, 1.82) is 0 Å². The van der Waals surface area contributed by atoms with Crippen LogP contribution in [0.1, 0.15) is 105 Å². The molecule has 1 aromatic rings. The number of carboxylic acids is 2. The minimum absolute atomic E-state index is 0.0216. The van der Waals surface area contributed by atoms with Crippen LogP contribution in [0.4, 0.5) is 0 Å². The number of benzene rings is 1. The quantitative estimate of drug-likeness (QED) is 0.0418. The summed E-state index contributed by atoms with van der Waals surface area (Å²) in [5, 5.41) is 36.0. The summed E-state index contributed by atoms with van der Waals surface area (Å²) in [7, 11) is 2.97. The van der Waals surface area contributed by atoms with Crippen LogP contribution < -0.4 is 43.4 Å². The largest absolute Gasteiger partial charge is 0.480 e. The van der Waals surface area contributed by atoms with Crippen molar-refractivity contribution in [3.8, 4) is 0 Å². The molecule has 23 heteroatoms. The van der Waals surface area contributed by atoms with Gasteiger partial charge in [0, 0.05) is 38.9 Å². The molecule has 1 unspecified atom stereocenters. The number of amides is 7. The van der Waals surface area contributed by atoms with E-state index in [-0.39, 0.29) is 74.2 Å². The zero-order chi connectivity index (χ0) is 54.4. The van der Waals surface area contributed by atoms with E-state index in [0.717, 1.165) is 10.5 Å². The Morgan fingerprint density at radius 2 is 1.40 bits per heavy atom. The molecule has 404 valence electrons. The van der Waals surface area contributed by atoms with Gasteiger partial charge in [0.1, 0.15) is 36.3 Å². The lowest BCUT2D eigenvalue weighted by Gasteiger charge is -2.31. The summed E-state index contributed by atoms with van der Waals surface area (Å²) >= 11 is 4.24. The van der Waals surface area contributed by atoms with Gasteiger partial charge in [0.25, 0.3) is 0 Å². The number of nitrogens with two attached hydrogens (primary N) is 2. The average molecular weight is 1030 g/mol. The highest BCUT2D eigenvalue weighted by molar-refractivity contribution is 7.80. The SMILES string of the molecule is CO[C@@H](Cc1ccccc1)[C@@H](C)CC(C)CC[C@@H]1NC(=O)[C@H](CCCN=C(N)N)NC(=O)[C@@H](C)[C@H](C(=O)O)NC(=O)[C@H](CC(C)C)NC(=O)[C@@H](C)NC(=O)[C@H](CS)N(C)C(=O)CC[C@H](C(=O)O)NC(=O)[C@H]1C. The van der Waals surface area contributed by atoms with Crippen molar-refractivity contribution in [1.82, 2.24) is 36.8 Å². The molecule has 2 rings (SSSR count). The monoisotopic (exact) mass is 1030 g/mol. The van der Waals surface area contributed by atoms with Crippen molar-refractivity contribution in [2.45, 2.75) is 155 Å². The molecule has 0 aromatic heterocycles. The summed E-state index contributed by atoms with van der Waals surface area (Å²) in [4.78, 5) is 127. The third kappa shape index (κ3) is 20.6. The Hall–Kier alpha value is -5.97. The maximum atomic E-state index is 14.4. The Labute approximate surface area is 428 Å². The molecule has 1 saturated heterocycles. The first-order chi connectivity index (χ1) is 33.8. The number of aliphatic imine (C=N–C) groups is 1. The molecular formula is C49H80N10O12S. The van der Waals surface area contributed by atoms with Crippen molar-refractivity contribution in [2.24, 2.45) is 46.0 Å². The highest BCUT2D eigenvalue weighted by atomic mass is 32.1. The van der Waals surface area contributed by atoms with E-state index in [2.05, 4.69) is 56.4 Å². The van der Waals surface area contributed by atoms with Gasteiger partial charge >= 0.3 is 11.9 Å². The van der Waals surface area contributed by atoms with Gasteiger partial charge in [-0.15, -0.1) is 0 Å². The summed E-state index contributed by atoms with van der Waals surface area (Å²) < 4.78 is 5.89. The number of thiol groups is 1. The van der Waals surface area contributed by atoms with Crippen molar-refractivity contribution < 1.29 is 58.1 Å². The van der Waals surface area contributed by atoms with Crippen LogP contribution in [0.15, 0.2) is 35.3 Å². The Bertz CT molecular complexity index is 2030. The summed E-state index contributed by atoms with van der Waals surface area (Å²) in [6.07, 6.45) is 1.27. The van der Waals surface area contributed by atoms with Gasteiger partial charge in [0.2, 0.25) is 41.4 Å². The maximum Gasteiger partial charge on any atom is 0.327 e. The molecule has 7 amide bonds. The van der Waals surface area contributed by atoms with Gasteiger partial charge in [0.15, 0.2) is 5.96 Å². The van der Waals surface area contributed by atoms with E-state index in [9.17, 15) is 53.4 Å². The van der Waals surface area contributed by atoms with Gasteiger partial charge in [-0.1, -0.05) is 71.9 Å². The standard InChI is InChI=1S/C49H80N10O12S/c1-26(2)22-36-45(65)58-40(48(69)70)30(6)42(62)55-34(16-13-21-52-49(50)51)44(64)54-33(18-17-27(3)23-28(4)38(71-9)24-32-14-11-10-12-15-32)29(5)41(61)56-35(47(67)68)19-20-39(60)59(8)37(25-72)46(66)53-31(7)43(63)57-36/h10-12,14-15,26-31,33-38,40,72H,13,16-25H2,1-9H3,(H,53,66)(H,54,64)(H,55,62)(H,56,61)(H,57,63)(H,58,65)(H,67,68)(H,69,70)(H4,50,51,52)/t27?,28-,29-,30-,31+,33-,34-,35+,36-,37-,38-,40+/m0/s1. The smallest absolute Gasteiger partial charge is 0.327 e. The lowest BCUT2D eigenvalue weighted by Crippen LogP contribution is -2.59. The molecule has 0 radical (unpaired) electrons. The van der Waals surface area contributed by atoms with Crippen LogP contribution in [0.3, 0.4) is 0 Å². The second kappa shape index (κ2) is 30.8. The Balaban J connectivity index is 2.66. The minimum atomic E-state index is -1.86. The fourth-order valence-corrected chi connectivity index (χ4v) is 8.87. The van der Waals surface area contributed by atoms with E-state index in [1.54, 1.807) is 21.0 Å². The number of hydrogen-bond donors (Lipinski definition) is 11. The molecule has 12 atom stereocenters. The number of ether oxygens (including phenoxy) is 1. The van der Waals surface area contributed by atoms with Crippen LogP contribution >= 0.6 is 12.6 Å². The molecule has 12 N–H and O–H groups in total. The van der Waals surface area contributed by atoms with Gasteiger partial charge in [-0.25, -0.2) is 9.59 Å². The molecule has 1 aliphatic heterocycles. The number of carbonyl (C=O) groups excluding carboxylic acids is 7. The molecule has 72 heavy (non-hydrogen) atoms. The molecule has 0 saturated carbocycles. The number of carboxylic acid groups (broad SMARTS) is 2. The number of aliphatic carboxylic acids is 2. The number of guanidine groups is 1. The molecule has 0 aliphatic carbocycles. The van der Waals surface area contributed by atoms with Crippen LogP contribution in [0.5, 0.6) is 0 Å². The third-order valence-electron chi connectivity index (χ3n) is 13.1. The fourth-order valence-electron chi connectivity index (χ4n) is 8.46.